The molecule has 1 aromatic carbocycles. The van der Waals surface area contributed by atoms with Crippen LogP contribution < -0.4 is 10.6 Å². The van der Waals surface area contributed by atoms with Gasteiger partial charge in [-0.2, -0.15) is 0 Å². The summed E-state index contributed by atoms with van der Waals surface area (Å²) in [5.41, 5.74) is 8.89. The molecule has 1 aromatic rings. The van der Waals surface area contributed by atoms with Gasteiger partial charge in [-0.05, 0) is 32.1 Å². The lowest BCUT2D eigenvalue weighted by Gasteiger charge is -2.37. The Morgan fingerprint density at radius 3 is 2.43 bits per heavy atom. The lowest BCUT2D eigenvalue weighted by Crippen LogP contribution is -2.48. The molecule has 2 N–H and O–H groups in total. The molecule has 1 saturated heterocycles. The predicted octanol–water partition coefficient (Wildman–Crippen LogP) is 1.78. The number of hydrogen-bond donors (Lipinski definition) is 1. The molecular weight excluding hydrogens is 260 g/mol. The molecule has 118 valence electrons. The van der Waals surface area contributed by atoms with Gasteiger partial charge in [0.1, 0.15) is 0 Å². The number of anilines is 1. The highest BCUT2D eigenvalue weighted by Crippen LogP contribution is 2.27. The lowest BCUT2D eigenvalue weighted by molar-refractivity contribution is 0.229. The fraction of sp³-hybridized carbons (Fsp3) is 0.647. The van der Waals surface area contributed by atoms with Crippen LogP contribution in [0.15, 0.2) is 24.3 Å². The fourth-order valence-corrected chi connectivity index (χ4v) is 2.86. The summed E-state index contributed by atoms with van der Waals surface area (Å²) in [6.45, 7) is 8.93. The minimum atomic E-state index is 0.146. The molecule has 0 radical (unpaired) electrons. The van der Waals surface area contributed by atoms with Crippen molar-refractivity contribution in [3.8, 4) is 0 Å². The van der Waals surface area contributed by atoms with E-state index in [4.69, 9.17) is 5.73 Å². The summed E-state index contributed by atoms with van der Waals surface area (Å²) in [6, 6.07) is 8.77. The molecular formula is C17H30N4. The molecule has 21 heavy (non-hydrogen) atoms. The Bertz CT molecular complexity index is 425. The zero-order valence-electron chi connectivity index (χ0n) is 13.8. The van der Waals surface area contributed by atoms with E-state index in [-0.39, 0.29) is 6.04 Å². The summed E-state index contributed by atoms with van der Waals surface area (Å²) >= 11 is 0. The molecule has 4 nitrogen and oxygen atoms in total. The lowest BCUT2D eigenvalue weighted by atomic mass is 10.0. The molecule has 1 fully saturated rings. The molecule has 1 aliphatic rings. The molecule has 4 heteroatoms. The van der Waals surface area contributed by atoms with Crippen LogP contribution >= 0.6 is 0 Å². The van der Waals surface area contributed by atoms with Gasteiger partial charge >= 0.3 is 0 Å². The van der Waals surface area contributed by atoms with Crippen LogP contribution in [0, 0.1) is 0 Å². The Kier molecular flexibility index (Phi) is 6.03. The van der Waals surface area contributed by atoms with Crippen molar-refractivity contribution in [3.63, 3.8) is 0 Å². The highest BCUT2D eigenvalue weighted by Gasteiger charge is 2.20. The Labute approximate surface area is 129 Å². The quantitative estimate of drug-likeness (QED) is 0.866. The maximum absolute atomic E-state index is 6.27. The first kappa shape index (κ1) is 16.3. The third-order valence-corrected chi connectivity index (χ3v) is 4.35. The number of hydrogen-bond acceptors (Lipinski definition) is 4. The maximum Gasteiger partial charge on any atom is 0.0415 e. The van der Waals surface area contributed by atoms with Gasteiger partial charge in [-0.25, -0.2) is 0 Å². The average molecular weight is 290 g/mol. The number of rotatable bonds is 6. The molecule has 1 heterocycles. The van der Waals surface area contributed by atoms with E-state index in [0.717, 1.165) is 45.7 Å². The molecule has 0 amide bonds. The monoisotopic (exact) mass is 290 g/mol. The topological polar surface area (TPSA) is 35.7 Å². The minimum absolute atomic E-state index is 0.146. The van der Waals surface area contributed by atoms with E-state index in [2.05, 4.69) is 60.0 Å². The van der Waals surface area contributed by atoms with Gasteiger partial charge in [0.25, 0.3) is 0 Å². The van der Waals surface area contributed by atoms with Gasteiger partial charge in [-0.1, -0.05) is 25.1 Å². The predicted molar refractivity (Wildman–Crippen MR) is 90.9 cm³/mol. The molecule has 0 aromatic heterocycles. The standard InChI is InChI=1S/C17H30N4/c1-4-16(18)15-7-5-6-8-17(15)21-13-11-20(12-14-21)10-9-19(2)3/h5-8,16H,4,9-14,18H2,1-3H3. The van der Waals surface area contributed by atoms with Gasteiger partial charge in [0.2, 0.25) is 0 Å². The van der Waals surface area contributed by atoms with Crippen LogP contribution in [0.3, 0.4) is 0 Å². The number of benzene rings is 1. The van der Waals surface area contributed by atoms with Gasteiger partial charge < -0.3 is 15.5 Å². The van der Waals surface area contributed by atoms with Crippen LogP contribution in [0.2, 0.25) is 0 Å². The molecule has 0 spiro atoms. The summed E-state index contributed by atoms with van der Waals surface area (Å²) in [6.07, 6.45) is 0.986. The Morgan fingerprint density at radius 2 is 1.81 bits per heavy atom. The van der Waals surface area contributed by atoms with Crippen LogP contribution in [0.4, 0.5) is 5.69 Å². The van der Waals surface area contributed by atoms with Crippen molar-refractivity contribution in [1.82, 2.24) is 9.80 Å². The third-order valence-electron chi connectivity index (χ3n) is 4.35. The minimum Gasteiger partial charge on any atom is -0.369 e. The second-order valence-electron chi connectivity index (χ2n) is 6.21. The first-order valence-corrected chi connectivity index (χ1v) is 8.08. The summed E-state index contributed by atoms with van der Waals surface area (Å²) < 4.78 is 0. The summed E-state index contributed by atoms with van der Waals surface area (Å²) in [5, 5.41) is 0. The van der Waals surface area contributed by atoms with Gasteiger partial charge in [-0.15, -0.1) is 0 Å². The van der Waals surface area contributed by atoms with Crippen molar-refractivity contribution >= 4 is 5.69 Å². The van der Waals surface area contributed by atoms with Crippen molar-refractivity contribution in [2.45, 2.75) is 19.4 Å². The SMILES string of the molecule is CCC(N)c1ccccc1N1CCN(CCN(C)C)CC1. The Morgan fingerprint density at radius 1 is 1.14 bits per heavy atom. The van der Waals surface area contributed by atoms with E-state index in [1.807, 2.05) is 0 Å². The normalized spacial score (nSPS) is 18.2. The van der Waals surface area contributed by atoms with E-state index in [9.17, 15) is 0 Å². The summed E-state index contributed by atoms with van der Waals surface area (Å²) in [5.74, 6) is 0. The third kappa shape index (κ3) is 4.43. The van der Waals surface area contributed by atoms with Gasteiger partial charge in [-0.3, -0.25) is 4.90 Å². The number of likely N-dealkylation sites (N-methyl/N-ethyl adjacent to an activating group) is 1. The molecule has 2 rings (SSSR count). The van der Waals surface area contributed by atoms with E-state index in [1.54, 1.807) is 0 Å². The summed E-state index contributed by atoms with van der Waals surface area (Å²) in [7, 11) is 4.28. The molecule has 1 unspecified atom stereocenters. The van der Waals surface area contributed by atoms with E-state index in [0.29, 0.717) is 0 Å². The Hall–Kier alpha value is -1.10. The van der Waals surface area contributed by atoms with Crippen LogP contribution in [0.1, 0.15) is 24.9 Å². The van der Waals surface area contributed by atoms with Crippen LogP contribution in [0.25, 0.3) is 0 Å². The first-order valence-electron chi connectivity index (χ1n) is 8.08. The van der Waals surface area contributed by atoms with Gasteiger partial charge in [0, 0.05) is 51.0 Å². The second-order valence-corrected chi connectivity index (χ2v) is 6.21. The van der Waals surface area contributed by atoms with Crippen LogP contribution in [0.5, 0.6) is 0 Å². The van der Waals surface area contributed by atoms with E-state index in [1.165, 1.54) is 11.3 Å². The smallest absolute Gasteiger partial charge is 0.0415 e. The van der Waals surface area contributed by atoms with Gasteiger partial charge in [0.05, 0.1) is 0 Å². The average Bonchev–Trinajstić information content (AvgIpc) is 2.52. The second kappa shape index (κ2) is 7.78. The summed E-state index contributed by atoms with van der Waals surface area (Å²) in [4.78, 5) is 7.30. The van der Waals surface area contributed by atoms with Crippen molar-refractivity contribution in [3.05, 3.63) is 29.8 Å². The molecule has 1 atom stereocenters. The van der Waals surface area contributed by atoms with Crippen molar-refractivity contribution in [2.24, 2.45) is 5.73 Å². The van der Waals surface area contributed by atoms with Gasteiger partial charge in [0.15, 0.2) is 0 Å². The molecule has 0 bridgehead atoms. The van der Waals surface area contributed by atoms with Crippen molar-refractivity contribution in [1.29, 1.82) is 0 Å². The van der Waals surface area contributed by atoms with E-state index >= 15 is 0 Å². The van der Waals surface area contributed by atoms with E-state index < -0.39 is 0 Å². The number of para-hydroxylation sites is 1. The highest BCUT2D eigenvalue weighted by molar-refractivity contribution is 5.55. The fourth-order valence-electron chi connectivity index (χ4n) is 2.86. The zero-order chi connectivity index (χ0) is 15.2. The molecule has 0 aliphatic carbocycles. The largest absolute Gasteiger partial charge is 0.369 e. The first-order chi connectivity index (χ1) is 10.1. The molecule has 1 aliphatic heterocycles. The number of nitrogens with two attached hydrogens (primary N) is 1. The Balaban J connectivity index is 1.96. The zero-order valence-corrected chi connectivity index (χ0v) is 13.8. The van der Waals surface area contributed by atoms with Crippen LogP contribution in [-0.4, -0.2) is 63.2 Å². The maximum atomic E-state index is 6.27. The van der Waals surface area contributed by atoms with Crippen molar-refractivity contribution in [2.75, 3.05) is 58.3 Å². The number of nitrogens with zero attached hydrogens (tertiary/aromatic N) is 3. The molecule has 0 saturated carbocycles. The highest BCUT2D eigenvalue weighted by atomic mass is 15.3. The number of piperazine rings is 1. The van der Waals surface area contributed by atoms with Crippen LogP contribution in [-0.2, 0) is 0 Å². The van der Waals surface area contributed by atoms with Crippen molar-refractivity contribution < 1.29 is 0 Å².